The molecule has 0 bridgehead atoms. The standard InChI is InChI=1S/C13H15FN2O2/c1-16(7-8-17)13(18)11-9-10(3-2-6-15)4-5-12(11)14/h4-5,9,17H,6-8,15H2,1H3. The first-order chi connectivity index (χ1) is 8.60. The molecule has 1 rings (SSSR count). The highest BCUT2D eigenvalue weighted by molar-refractivity contribution is 5.94. The lowest BCUT2D eigenvalue weighted by atomic mass is 10.1. The van der Waals surface area contributed by atoms with E-state index in [1.807, 2.05) is 0 Å². The lowest BCUT2D eigenvalue weighted by molar-refractivity contribution is 0.0762. The number of nitrogens with zero attached hydrogens (tertiary/aromatic N) is 1. The van der Waals surface area contributed by atoms with Crippen LogP contribution in [-0.4, -0.2) is 42.7 Å². The molecule has 0 aromatic heterocycles. The Morgan fingerprint density at radius 2 is 2.28 bits per heavy atom. The van der Waals surface area contributed by atoms with Crippen LogP contribution in [-0.2, 0) is 0 Å². The van der Waals surface area contributed by atoms with Crippen LogP contribution in [0.2, 0.25) is 0 Å². The van der Waals surface area contributed by atoms with Crippen LogP contribution in [0.4, 0.5) is 4.39 Å². The summed E-state index contributed by atoms with van der Waals surface area (Å²) in [6.45, 7) is 0.179. The van der Waals surface area contributed by atoms with Crippen LogP contribution < -0.4 is 5.73 Å². The van der Waals surface area contributed by atoms with Gasteiger partial charge < -0.3 is 15.7 Å². The number of nitrogens with two attached hydrogens (primary N) is 1. The number of amides is 1. The van der Waals surface area contributed by atoms with Crippen LogP contribution in [0.25, 0.3) is 0 Å². The minimum absolute atomic E-state index is 0.0604. The number of rotatable bonds is 3. The molecule has 4 nitrogen and oxygen atoms in total. The number of aliphatic hydroxyl groups excluding tert-OH is 1. The van der Waals surface area contributed by atoms with Gasteiger partial charge in [-0.3, -0.25) is 4.79 Å². The Balaban J connectivity index is 3.03. The van der Waals surface area contributed by atoms with Gasteiger partial charge in [0.1, 0.15) is 5.82 Å². The Kier molecular flexibility index (Phi) is 5.31. The second-order valence-corrected chi connectivity index (χ2v) is 3.65. The molecule has 0 aliphatic carbocycles. The van der Waals surface area contributed by atoms with Crippen LogP contribution in [0, 0.1) is 17.7 Å². The molecule has 0 spiro atoms. The van der Waals surface area contributed by atoms with E-state index < -0.39 is 11.7 Å². The van der Waals surface area contributed by atoms with E-state index in [0.29, 0.717) is 5.56 Å². The molecule has 0 aliphatic rings. The van der Waals surface area contributed by atoms with Gasteiger partial charge in [-0.2, -0.15) is 0 Å². The zero-order chi connectivity index (χ0) is 13.5. The molecule has 0 saturated heterocycles. The van der Waals surface area contributed by atoms with Gasteiger partial charge in [0, 0.05) is 19.2 Å². The number of aliphatic hydroxyl groups is 1. The lowest BCUT2D eigenvalue weighted by Gasteiger charge is -2.16. The summed E-state index contributed by atoms with van der Waals surface area (Å²) in [5, 5.41) is 8.75. The molecule has 0 radical (unpaired) electrons. The Bertz CT molecular complexity index is 491. The fourth-order valence-electron chi connectivity index (χ4n) is 1.38. The zero-order valence-electron chi connectivity index (χ0n) is 10.1. The Morgan fingerprint density at radius 3 is 2.89 bits per heavy atom. The van der Waals surface area contributed by atoms with Crippen molar-refractivity contribution in [3.05, 3.63) is 35.1 Å². The molecule has 0 fully saturated rings. The highest BCUT2D eigenvalue weighted by Crippen LogP contribution is 2.12. The molecule has 18 heavy (non-hydrogen) atoms. The van der Waals surface area contributed by atoms with E-state index in [4.69, 9.17) is 10.8 Å². The smallest absolute Gasteiger partial charge is 0.256 e. The van der Waals surface area contributed by atoms with Gasteiger partial charge in [0.05, 0.1) is 18.7 Å². The first kappa shape index (κ1) is 14.2. The zero-order valence-corrected chi connectivity index (χ0v) is 10.1. The fourth-order valence-corrected chi connectivity index (χ4v) is 1.38. The lowest BCUT2D eigenvalue weighted by Crippen LogP contribution is -2.30. The normalized spacial score (nSPS) is 9.56. The Morgan fingerprint density at radius 1 is 1.56 bits per heavy atom. The first-order valence-electron chi connectivity index (χ1n) is 5.45. The van der Waals surface area contributed by atoms with Crippen LogP contribution in [0.1, 0.15) is 15.9 Å². The number of carbonyl (C=O) groups is 1. The molecule has 0 unspecified atom stereocenters. The maximum Gasteiger partial charge on any atom is 0.256 e. The molecule has 1 aromatic rings. The second-order valence-electron chi connectivity index (χ2n) is 3.65. The van der Waals surface area contributed by atoms with Gasteiger partial charge in [-0.05, 0) is 18.2 Å². The van der Waals surface area contributed by atoms with Crippen molar-refractivity contribution >= 4 is 5.91 Å². The van der Waals surface area contributed by atoms with Crippen LogP contribution in [0.15, 0.2) is 18.2 Å². The van der Waals surface area contributed by atoms with E-state index in [1.165, 1.54) is 30.1 Å². The summed E-state index contributed by atoms with van der Waals surface area (Å²) in [6, 6.07) is 4.07. The van der Waals surface area contributed by atoms with Crippen molar-refractivity contribution in [1.82, 2.24) is 4.90 Å². The third kappa shape index (κ3) is 3.55. The molecule has 5 heteroatoms. The van der Waals surface area contributed by atoms with Gasteiger partial charge in [-0.25, -0.2) is 4.39 Å². The molecular formula is C13H15FN2O2. The van der Waals surface area contributed by atoms with Crippen LogP contribution in [0.5, 0.6) is 0 Å². The van der Waals surface area contributed by atoms with E-state index in [-0.39, 0.29) is 25.3 Å². The Hall–Kier alpha value is -1.90. The SMILES string of the molecule is CN(CCO)C(=O)c1cc(C#CCN)ccc1F. The Labute approximate surface area is 105 Å². The molecule has 0 saturated carbocycles. The summed E-state index contributed by atoms with van der Waals surface area (Å²) < 4.78 is 13.6. The van der Waals surface area contributed by atoms with E-state index in [9.17, 15) is 9.18 Å². The number of hydrogen-bond acceptors (Lipinski definition) is 3. The number of hydrogen-bond donors (Lipinski definition) is 2. The molecule has 0 aliphatic heterocycles. The molecular weight excluding hydrogens is 235 g/mol. The van der Waals surface area contributed by atoms with Crippen molar-refractivity contribution < 1.29 is 14.3 Å². The predicted octanol–water partition coefficient (Wildman–Crippen LogP) is 0.200. The van der Waals surface area contributed by atoms with Crippen molar-refractivity contribution in [1.29, 1.82) is 0 Å². The summed E-state index contributed by atoms with van der Waals surface area (Å²) in [5.74, 6) is 4.27. The van der Waals surface area contributed by atoms with Gasteiger partial charge in [0.15, 0.2) is 0 Å². The van der Waals surface area contributed by atoms with Crippen molar-refractivity contribution in [3.8, 4) is 11.8 Å². The summed E-state index contributed by atoms with van der Waals surface area (Å²) >= 11 is 0. The predicted molar refractivity (Wildman–Crippen MR) is 66.4 cm³/mol. The van der Waals surface area contributed by atoms with Crippen molar-refractivity contribution in [3.63, 3.8) is 0 Å². The van der Waals surface area contributed by atoms with Crippen molar-refractivity contribution in [2.75, 3.05) is 26.7 Å². The largest absolute Gasteiger partial charge is 0.395 e. The molecule has 96 valence electrons. The van der Waals surface area contributed by atoms with Gasteiger partial charge >= 0.3 is 0 Å². The molecule has 3 N–H and O–H groups in total. The monoisotopic (exact) mass is 250 g/mol. The highest BCUT2D eigenvalue weighted by Gasteiger charge is 2.16. The molecule has 1 aromatic carbocycles. The quantitative estimate of drug-likeness (QED) is 0.753. The average Bonchev–Trinajstić information content (AvgIpc) is 2.37. The summed E-state index contributed by atoms with van der Waals surface area (Å²) in [7, 11) is 1.50. The van der Waals surface area contributed by atoms with E-state index in [2.05, 4.69) is 11.8 Å². The molecule has 0 atom stereocenters. The number of halogens is 1. The van der Waals surface area contributed by atoms with Gasteiger partial charge in [-0.15, -0.1) is 0 Å². The first-order valence-corrected chi connectivity index (χ1v) is 5.45. The molecule has 0 heterocycles. The third-order valence-corrected chi connectivity index (χ3v) is 2.31. The number of benzene rings is 1. The minimum atomic E-state index is -0.608. The van der Waals surface area contributed by atoms with Crippen LogP contribution in [0.3, 0.4) is 0 Å². The van der Waals surface area contributed by atoms with Gasteiger partial charge in [0.2, 0.25) is 0 Å². The van der Waals surface area contributed by atoms with Gasteiger partial charge in [-0.1, -0.05) is 11.8 Å². The fraction of sp³-hybridized carbons (Fsp3) is 0.308. The van der Waals surface area contributed by atoms with Gasteiger partial charge in [0.25, 0.3) is 5.91 Å². The van der Waals surface area contributed by atoms with Crippen LogP contribution >= 0.6 is 0 Å². The molecule has 1 amide bonds. The minimum Gasteiger partial charge on any atom is -0.395 e. The third-order valence-electron chi connectivity index (χ3n) is 2.31. The summed E-state index contributed by atoms with van der Waals surface area (Å²) in [5.41, 5.74) is 5.71. The number of likely N-dealkylation sites (N-methyl/N-ethyl adjacent to an activating group) is 1. The topological polar surface area (TPSA) is 66.6 Å². The maximum absolute atomic E-state index is 13.6. The van der Waals surface area contributed by atoms with Crippen molar-refractivity contribution in [2.45, 2.75) is 0 Å². The van der Waals surface area contributed by atoms with E-state index >= 15 is 0 Å². The average molecular weight is 250 g/mol. The summed E-state index contributed by atoms with van der Waals surface area (Å²) in [4.78, 5) is 13.1. The number of carbonyl (C=O) groups excluding carboxylic acids is 1. The maximum atomic E-state index is 13.6. The van der Waals surface area contributed by atoms with Crippen molar-refractivity contribution in [2.24, 2.45) is 5.73 Å². The van der Waals surface area contributed by atoms with E-state index in [1.54, 1.807) is 0 Å². The summed E-state index contributed by atoms with van der Waals surface area (Å²) in [6.07, 6.45) is 0. The second kappa shape index (κ2) is 6.74. The highest BCUT2D eigenvalue weighted by atomic mass is 19.1. The van der Waals surface area contributed by atoms with E-state index in [0.717, 1.165) is 0 Å².